The number of amides is 1. The van der Waals surface area contributed by atoms with E-state index < -0.39 is 23.3 Å². The topological polar surface area (TPSA) is 76.1 Å². The first kappa shape index (κ1) is 14.1. The Bertz CT molecular complexity index is 389. The fourth-order valence-corrected chi connectivity index (χ4v) is 2.61. The van der Waals surface area contributed by atoms with Crippen molar-refractivity contribution < 1.29 is 24.2 Å². The average molecular weight is 271 g/mol. The summed E-state index contributed by atoms with van der Waals surface area (Å²) in [6, 6.07) is 0. The Labute approximate surface area is 112 Å². The van der Waals surface area contributed by atoms with Crippen LogP contribution in [0.5, 0.6) is 0 Å². The van der Waals surface area contributed by atoms with Gasteiger partial charge in [-0.25, -0.2) is 9.59 Å². The highest BCUT2D eigenvalue weighted by molar-refractivity contribution is 5.73. The van der Waals surface area contributed by atoms with Gasteiger partial charge in [0.2, 0.25) is 0 Å². The summed E-state index contributed by atoms with van der Waals surface area (Å²) in [6.07, 6.45) is 0.780. The minimum absolute atomic E-state index is 0.355. The molecular weight excluding hydrogens is 250 g/mol. The van der Waals surface area contributed by atoms with E-state index in [0.29, 0.717) is 32.4 Å². The lowest BCUT2D eigenvalue weighted by molar-refractivity contribution is -0.153. The Morgan fingerprint density at radius 2 is 2.05 bits per heavy atom. The first-order chi connectivity index (χ1) is 8.71. The second-order valence-corrected chi connectivity index (χ2v) is 6.32. The van der Waals surface area contributed by atoms with Gasteiger partial charge in [-0.3, -0.25) is 0 Å². The predicted octanol–water partition coefficient (Wildman–Crippen LogP) is 1.63. The number of aliphatic carboxylic acids is 1. The van der Waals surface area contributed by atoms with E-state index in [2.05, 4.69) is 0 Å². The van der Waals surface area contributed by atoms with Crippen LogP contribution in [-0.2, 0) is 14.3 Å². The predicted molar refractivity (Wildman–Crippen MR) is 66.9 cm³/mol. The molecule has 6 nitrogen and oxygen atoms in total. The molecule has 2 saturated heterocycles. The second-order valence-electron chi connectivity index (χ2n) is 6.32. The van der Waals surface area contributed by atoms with E-state index in [9.17, 15) is 9.59 Å². The molecule has 0 radical (unpaired) electrons. The van der Waals surface area contributed by atoms with Gasteiger partial charge in [-0.15, -0.1) is 0 Å². The first-order valence-corrected chi connectivity index (χ1v) is 6.59. The zero-order chi connectivity index (χ0) is 14.3. The minimum atomic E-state index is -0.924. The van der Waals surface area contributed by atoms with Crippen molar-refractivity contribution in [1.29, 1.82) is 0 Å². The van der Waals surface area contributed by atoms with Crippen LogP contribution in [-0.4, -0.2) is 52.5 Å². The van der Waals surface area contributed by atoms with Crippen molar-refractivity contribution in [1.82, 2.24) is 4.90 Å². The molecule has 2 aliphatic rings. The maximum absolute atomic E-state index is 11.9. The monoisotopic (exact) mass is 271 g/mol. The highest BCUT2D eigenvalue weighted by atomic mass is 16.6. The number of hydrogen-bond donors (Lipinski definition) is 1. The third-order valence-electron chi connectivity index (χ3n) is 3.50. The van der Waals surface area contributed by atoms with Crippen molar-refractivity contribution >= 4 is 12.1 Å². The Morgan fingerprint density at radius 3 is 2.58 bits per heavy atom. The maximum Gasteiger partial charge on any atom is 0.410 e. The van der Waals surface area contributed by atoms with Gasteiger partial charge in [0.15, 0.2) is 6.10 Å². The quantitative estimate of drug-likeness (QED) is 0.784. The van der Waals surface area contributed by atoms with Gasteiger partial charge in [-0.1, -0.05) is 0 Å². The summed E-state index contributed by atoms with van der Waals surface area (Å²) >= 11 is 0. The number of hydrogen-bond acceptors (Lipinski definition) is 4. The second kappa shape index (κ2) is 4.67. The highest BCUT2D eigenvalue weighted by Crippen LogP contribution is 2.38. The Hall–Kier alpha value is -1.30. The smallest absolute Gasteiger partial charge is 0.410 e. The first-order valence-electron chi connectivity index (χ1n) is 6.59. The van der Waals surface area contributed by atoms with E-state index in [1.807, 2.05) is 20.8 Å². The molecule has 0 aromatic heterocycles. The van der Waals surface area contributed by atoms with Crippen molar-refractivity contribution in [2.45, 2.75) is 57.3 Å². The lowest BCUT2D eigenvalue weighted by Gasteiger charge is -2.26. The molecular formula is C13H21NO5. The molecule has 0 aromatic carbocycles. The number of carboxylic acid groups (broad SMARTS) is 1. The molecule has 19 heavy (non-hydrogen) atoms. The normalized spacial score (nSPS) is 30.9. The lowest BCUT2D eigenvalue weighted by atomic mass is 9.99. The van der Waals surface area contributed by atoms with Crippen molar-refractivity contribution in [2.75, 3.05) is 13.1 Å². The van der Waals surface area contributed by atoms with E-state index in [0.717, 1.165) is 0 Å². The average Bonchev–Trinajstić information content (AvgIpc) is 2.85. The summed E-state index contributed by atoms with van der Waals surface area (Å²) in [6.45, 7) is 6.45. The number of rotatable bonds is 1. The van der Waals surface area contributed by atoms with Gasteiger partial charge < -0.3 is 19.5 Å². The van der Waals surface area contributed by atoms with Gasteiger partial charge in [0.1, 0.15) is 5.60 Å². The Balaban J connectivity index is 1.93. The van der Waals surface area contributed by atoms with Gasteiger partial charge in [0.05, 0.1) is 12.1 Å². The number of carboxylic acids is 1. The standard InChI is InChI=1S/C13H21NO5/c1-12(2,3)19-11(17)14-7-6-13(8-14)5-4-9(18-13)10(15)16/h9H,4-8H2,1-3H3,(H,15,16)/t9-,13+/m1/s1. The van der Waals surface area contributed by atoms with Crippen LogP contribution in [0.4, 0.5) is 4.79 Å². The van der Waals surface area contributed by atoms with Crippen LogP contribution >= 0.6 is 0 Å². The largest absolute Gasteiger partial charge is 0.479 e. The van der Waals surface area contributed by atoms with Crippen molar-refractivity contribution in [3.8, 4) is 0 Å². The van der Waals surface area contributed by atoms with E-state index in [1.54, 1.807) is 4.90 Å². The lowest BCUT2D eigenvalue weighted by Crippen LogP contribution is -2.39. The van der Waals surface area contributed by atoms with Gasteiger partial charge in [-0.2, -0.15) is 0 Å². The van der Waals surface area contributed by atoms with Crippen molar-refractivity contribution in [3.63, 3.8) is 0 Å². The van der Waals surface area contributed by atoms with Crippen LogP contribution in [0.15, 0.2) is 0 Å². The molecule has 0 aliphatic carbocycles. The zero-order valence-electron chi connectivity index (χ0n) is 11.6. The number of likely N-dealkylation sites (tertiary alicyclic amines) is 1. The van der Waals surface area contributed by atoms with Crippen LogP contribution in [0.25, 0.3) is 0 Å². The Kier molecular flexibility index (Phi) is 3.47. The maximum atomic E-state index is 11.9. The molecule has 1 amide bonds. The molecule has 2 rings (SSSR count). The molecule has 1 N–H and O–H groups in total. The number of nitrogens with zero attached hydrogens (tertiary/aromatic N) is 1. The molecule has 2 heterocycles. The van der Waals surface area contributed by atoms with Gasteiger partial charge in [0, 0.05) is 6.54 Å². The third kappa shape index (κ3) is 3.18. The number of carbonyl (C=O) groups excluding carboxylic acids is 1. The van der Waals surface area contributed by atoms with E-state index in [1.165, 1.54) is 0 Å². The van der Waals surface area contributed by atoms with Crippen molar-refractivity contribution in [3.05, 3.63) is 0 Å². The molecule has 2 fully saturated rings. The summed E-state index contributed by atoms with van der Waals surface area (Å²) in [5.41, 5.74) is -1.01. The minimum Gasteiger partial charge on any atom is -0.479 e. The number of carbonyl (C=O) groups is 2. The van der Waals surface area contributed by atoms with Gasteiger partial charge in [0.25, 0.3) is 0 Å². The van der Waals surface area contributed by atoms with Crippen LogP contribution in [0.3, 0.4) is 0 Å². The molecule has 108 valence electrons. The SMILES string of the molecule is CC(C)(C)OC(=O)N1CC[C@@]2(CC[C@H](C(=O)O)O2)C1. The van der Waals surface area contributed by atoms with Crippen LogP contribution in [0.2, 0.25) is 0 Å². The molecule has 1 spiro atoms. The summed E-state index contributed by atoms with van der Waals surface area (Å²) < 4.78 is 10.9. The summed E-state index contributed by atoms with van der Waals surface area (Å²) in [5.74, 6) is -0.924. The number of ether oxygens (including phenoxy) is 2. The summed E-state index contributed by atoms with van der Waals surface area (Å²) in [4.78, 5) is 24.5. The van der Waals surface area contributed by atoms with E-state index in [4.69, 9.17) is 14.6 Å². The molecule has 2 atom stereocenters. The zero-order valence-corrected chi connectivity index (χ0v) is 11.6. The van der Waals surface area contributed by atoms with Crippen LogP contribution in [0.1, 0.15) is 40.0 Å². The van der Waals surface area contributed by atoms with Crippen LogP contribution < -0.4 is 0 Å². The molecule has 2 aliphatic heterocycles. The van der Waals surface area contributed by atoms with Crippen molar-refractivity contribution in [2.24, 2.45) is 0 Å². The fraction of sp³-hybridized carbons (Fsp3) is 0.846. The third-order valence-corrected chi connectivity index (χ3v) is 3.50. The molecule has 0 bridgehead atoms. The van der Waals surface area contributed by atoms with E-state index in [-0.39, 0.29) is 6.09 Å². The van der Waals surface area contributed by atoms with E-state index >= 15 is 0 Å². The fourth-order valence-electron chi connectivity index (χ4n) is 2.61. The highest BCUT2D eigenvalue weighted by Gasteiger charge is 2.49. The molecule has 6 heteroatoms. The molecule has 0 saturated carbocycles. The molecule has 0 aromatic rings. The van der Waals surface area contributed by atoms with Crippen LogP contribution in [0, 0.1) is 0 Å². The summed E-state index contributed by atoms with van der Waals surface area (Å²) in [5, 5.41) is 8.95. The summed E-state index contributed by atoms with van der Waals surface area (Å²) in [7, 11) is 0. The van der Waals surface area contributed by atoms with Gasteiger partial charge in [-0.05, 0) is 40.0 Å². The Morgan fingerprint density at radius 1 is 1.37 bits per heavy atom. The van der Waals surface area contributed by atoms with Gasteiger partial charge >= 0.3 is 12.1 Å². The molecule has 0 unspecified atom stereocenters.